The van der Waals surface area contributed by atoms with Crippen molar-refractivity contribution in [3.63, 3.8) is 0 Å². The van der Waals surface area contributed by atoms with Gasteiger partial charge in [0.15, 0.2) is 0 Å². The van der Waals surface area contributed by atoms with Crippen molar-refractivity contribution in [3.05, 3.63) is 45.9 Å². The lowest BCUT2D eigenvalue weighted by Gasteiger charge is -2.15. The summed E-state index contributed by atoms with van der Waals surface area (Å²) in [5.74, 6) is -0.0785. The molecule has 1 unspecified atom stereocenters. The van der Waals surface area contributed by atoms with Crippen LogP contribution >= 0.6 is 11.3 Å². The summed E-state index contributed by atoms with van der Waals surface area (Å²) >= 11 is 1.64. The number of aryl methyl sites for hydroxylation is 1. The molecule has 1 amide bonds. The summed E-state index contributed by atoms with van der Waals surface area (Å²) in [6, 6.07) is 7.66. The molecule has 0 fully saturated rings. The average Bonchev–Trinajstić information content (AvgIpc) is 2.84. The normalized spacial score (nSPS) is 11.9. The van der Waals surface area contributed by atoms with Crippen molar-refractivity contribution in [2.75, 3.05) is 12.4 Å². The number of benzene rings is 1. The molecule has 0 radical (unpaired) electrons. The van der Waals surface area contributed by atoms with Crippen molar-refractivity contribution < 1.29 is 4.79 Å². The molecule has 1 atom stereocenters. The largest absolute Gasteiger partial charge is 0.378 e. The van der Waals surface area contributed by atoms with Crippen molar-refractivity contribution >= 4 is 22.9 Å². The van der Waals surface area contributed by atoms with E-state index in [-0.39, 0.29) is 11.9 Å². The van der Waals surface area contributed by atoms with Crippen LogP contribution in [0.5, 0.6) is 0 Å². The van der Waals surface area contributed by atoms with Gasteiger partial charge in [-0.3, -0.25) is 4.79 Å². The van der Waals surface area contributed by atoms with E-state index in [0.717, 1.165) is 11.4 Å². The van der Waals surface area contributed by atoms with Crippen LogP contribution in [0.1, 0.15) is 33.9 Å². The van der Waals surface area contributed by atoms with Crippen LogP contribution in [0.3, 0.4) is 0 Å². The predicted octanol–water partition coefficient (Wildman–Crippen LogP) is 2.98. The second kappa shape index (κ2) is 5.84. The number of hydrogen-bond acceptors (Lipinski definition) is 4. The Bertz CT molecular complexity index is 580. The Kier molecular flexibility index (Phi) is 4.16. The number of hydrogen-bond donors (Lipinski definition) is 2. The predicted molar refractivity (Wildman–Crippen MR) is 78.7 cm³/mol. The first kappa shape index (κ1) is 13.5. The molecule has 5 heteroatoms. The first-order valence-electron chi connectivity index (χ1n) is 6.10. The minimum absolute atomic E-state index is 0.0785. The monoisotopic (exact) mass is 275 g/mol. The molecule has 2 N–H and O–H groups in total. The highest BCUT2D eigenvalue weighted by Crippen LogP contribution is 2.25. The Morgan fingerprint density at radius 3 is 2.84 bits per heavy atom. The van der Waals surface area contributed by atoms with Crippen molar-refractivity contribution in [2.45, 2.75) is 19.9 Å². The highest BCUT2D eigenvalue weighted by molar-refractivity contribution is 7.09. The Morgan fingerprint density at radius 1 is 1.42 bits per heavy atom. The summed E-state index contributed by atoms with van der Waals surface area (Å²) in [5.41, 5.74) is 4.48. The number of nitrogens with zero attached hydrogens (tertiary/aromatic N) is 1. The lowest BCUT2D eigenvalue weighted by Crippen LogP contribution is -2.18. The van der Waals surface area contributed by atoms with Gasteiger partial charge in [0.25, 0.3) is 5.91 Å². The number of carbonyl (C=O) groups is 1. The SMILES string of the molecule is CNC(=O)c1cccc(NC(C)c2scnc2C)c1. The van der Waals surface area contributed by atoms with Gasteiger partial charge >= 0.3 is 0 Å². The molecule has 1 aromatic heterocycles. The summed E-state index contributed by atoms with van der Waals surface area (Å²) in [7, 11) is 1.63. The zero-order chi connectivity index (χ0) is 13.8. The van der Waals surface area contributed by atoms with E-state index < -0.39 is 0 Å². The lowest BCUT2D eigenvalue weighted by atomic mass is 10.1. The number of nitrogens with one attached hydrogen (secondary N) is 2. The highest BCUT2D eigenvalue weighted by atomic mass is 32.1. The van der Waals surface area contributed by atoms with Gasteiger partial charge in [0.1, 0.15) is 0 Å². The number of anilines is 1. The maximum Gasteiger partial charge on any atom is 0.251 e. The zero-order valence-electron chi connectivity index (χ0n) is 11.2. The van der Waals surface area contributed by atoms with Crippen LogP contribution in [-0.2, 0) is 0 Å². The summed E-state index contributed by atoms with van der Waals surface area (Å²) in [5, 5.41) is 6.02. The third-order valence-electron chi connectivity index (χ3n) is 2.91. The van der Waals surface area contributed by atoms with Gasteiger partial charge in [0.2, 0.25) is 0 Å². The molecule has 100 valence electrons. The molecule has 1 aromatic carbocycles. The molecule has 0 bridgehead atoms. The van der Waals surface area contributed by atoms with Crippen LogP contribution in [-0.4, -0.2) is 17.9 Å². The molecule has 19 heavy (non-hydrogen) atoms. The smallest absolute Gasteiger partial charge is 0.251 e. The highest BCUT2D eigenvalue weighted by Gasteiger charge is 2.11. The minimum Gasteiger partial charge on any atom is -0.378 e. The minimum atomic E-state index is -0.0785. The quantitative estimate of drug-likeness (QED) is 0.902. The molecule has 0 spiro atoms. The standard InChI is InChI=1S/C14H17N3OS/c1-9-13(19-8-16-9)10(2)17-12-6-4-5-11(7-12)14(18)15-3/h4-8,10,17H,1-3H3,(H,15,18). The Labute approximate surface area is 116 Å². The van der Waals surface area contributed by atoms with E-state index in [9.17, 15) is 4.79 Å². The molecule has 0 saturated carbocycles. The topological polar surface area (TPSA) is 54.0 Å². The van der Waals surface area contributed by atoms with E-state index in [0.29, 0.717) is 5.56 Å². The third-order valence-corrected chi connectivity index (χ3v) is 4.02. The van der Waals surface area contributed by atoms with Crippen LogP contribution in [0.15, 0.2) is 29.8 Å². The fourth-order valence-electron chi connectivity index (χ4n) is 1.94. The Morgan fingerprint density at radius 2 is 2.21 bits per heavy atom. The second-order valence-electron chi connectivity index (χ2n) is 4.33. The fourth-order valence-corrected chi connectivity index (χ4v) is 2.75. The maximum absolute atomic E-state index is 11.6. The first-order valence-corrected chi connectivity index (χ1v) is 6.98. The summed E-state index contributed by atoms with van der Waals surface area (Å²) in [4.78, 5) is 17.1. The molecule has 2 aromatic rings. The van der Waals surface area contributed by atoms with Crippen molar-refractivity contribution in [1.82, 2.24) is 10.3 Å². The van der Waals surface area contributed by atoms with Crippen LogP contribution < -0.4 is 10.6 Å². The summed E-state index contributed by atoms with van der Waals surface area (Å²) < 4.78 is 0. The first-order chi connectivity index (χ1) is 9.11. The molecule has 0 aliphatic carbocycles. The Hall–Kier alpha value is -1.88. The van der Waals surface area contributed by atoms with Gasteiger partial charge in [-0.1, -0.05) is 6.07 Å². The van der Waals surface area contributed by atoms with Gasteiger partial charge in [0.05, 0.1) is 17.2 Å². The lowest BCUT2D eigenvalue weighted by molar-refractivity contribution is 0.0963. The number of rotatable bonds is 4. The van der Waals surface area contributed by atoms with Gasteiger partial charge < -0.3 is 10.6 Å². The second-order valence-corrected chi connectivity index (χ2v) is 5.21. The number of aromatic nitrogens is 1. The molecule has 0 aliphatic rings. The van der Waals surface area contributed by atoms with Gasteiger partial charge in [0, 0.05) is 23.2 Å². The van der Waals surface area contributed by atoms with E-state index in [4.69, 9.17) is 0 Å². The summed E-state index contributed by atoms with van der Waals surface area (Å²) in [6.07, 6.45) is 0. The van der Waals surface area contributed by atoms with Crippen LogP contribution in [0.25, 0.3) is 0 Å². The molecular weight excluding hydrogens is 258 g/mol. The molecule has 1 heterocycles. The molecule has 4 nitrogen and oxygen atoms in total. The van der Waals surface area contributed by atoms with Crippen LogP contribution in [0.4, 0.5) is 5.69 Å². The van der Waals surface area contributed by atoms with Gasteiger partial charge in [-0.2, -0.15) is 0 Å². The van der Waals surface area contributed by atoms with E-state index in [1.54, 1.807) is 24.5 Å². The number of thiazole rings is 1. The fraction of sp³-hybridized carbons (Fsp3) is 0.286. The summed E-state index contributed by atoms with van der Waals surface area (Å²) in [6.45, 7) is 4.10. The van der Waals surface area contributed by atoms with E-state index in [1.165, 1.54) is 4.88 Å². The van der Waals surface area contributed by atoms with Gasteiger partial charge in [-0.25, -0.2) is 4.98 Å². The van der Waals surface area contributed by atoms with Crippen molar-refractivity contribution in [3.8, 4) is 0 Å². The third kappa shape index (κ3) is 3.12. The van der Waals surface area contributed by atoms with Crippen LogP contribution in [0, 0.1) is 6.92 Å². The van der Waals surface area contributed by atoms with Crippen molar-refractivity contribution in [1.29, 1.82) is 0 Å². The maximum atomic E-state index is 11.6. The molecule has 0 saturated heterocycles. The number of carbonyl (C=O) groups excluding carboxylic acids is 1. The molecule has 2 rings (SSSR count). The van der Waals surface area contributed by atoms with Crippen LogP contribution in [0.2, 0.25) is 0 Å². The average molecular weight is 275 g/mol. The zero-order valence-corrected chi connectivity index (χ0v) is 12.0. The van der Waals surface area contributed by atoms with Crippen molar-refractivity contribution in [2.24, 2.45) is 0 Å². The Balaban J connectivity index is 2.15. The van der Waals surface area contributed by atoms with E-state index in [2.05, 4.69) is 22.5 Å². The van der Waals surface area contributed by atoms with E-state index >= 15 is 0 Å². The number of amides is 1. The van der Waals surface area contributed by atoms with E-state index in [1.807, 2.05) is 30.6 Å². The van der Waals surface area contributed by atoms with Gasteiger partial charge in [-0.05, 0) is 32.0 Å². The molecular formula is C14H17N3OS. The van der Waals surface area contributed by atoms with Gasteiger partial charge in [-0.15, -0.1) is 11.3 Å². The molecule has 0 aliphatic heterocycles.